The minimum atomic E-state index is -0.462. The molecule has 0 atom stereocenters. The Kier molecular flexibility index (Phi) is 5.52. The van der Waals surface area contributed by atoms with Gasteiger partial charge < -0.3 is 5.32 Å². The van der Waals surface area contributed by atoms with Crippen molar-refractivity contribution in [2.24, 2.45) is 0 Å². The number of nitrogens with zero attached hydrogens (tertiary/aromatic N) is 2. The maximum atomic E-state index is 13.4. The lowest BCUT2D eigenvalue weighted by atomic mass is 9.80. The molecular formula is C23H23ClFN3O. The second-order valence-electron chi connectivity index (χ2n) is 7.66. The quantitative estimate of drug-likeness (QED) is 0.679. The Balaban J connectivity index is 1.50. The number of benzene rings is 2. The van der Waals surface area contributed by atoms with E-state index in [0.717, 1.165) is 54.6 Å². The van der Waals surface area contributed by atoms with Crippen molar-refractivity contribution in [2.75, 3.05) is 13.1 Å². The molecule has 0 spiro atoms. The number of hydrogen-bond acceptors (Lipinski definition) is 3. The van der Waals surface area contributed by atoms with E-state index < -0.39 is 5.54 Å². The zero-order valence-electron chi connectivity index (χ0n) is 16.3. The van der Waals surface area contributed by atoms with E-state index in [9.17, 15) is 9.18 Å². The van der Waals surface area contributed by atoms with Gasteiger partial charge in [0.1, 0.15) is 5.82 Å². The van der Waals surface area contributed by atoms with E-state index in [1.165, 1.54) is 19.1 Å². The molecule has 1 saturated heterocycles. The number of carbonyl (C=O) groups is 1. The van der Waals surface area contributed by atoms with Crippen molar-refractivity contribution in [3.8, 4) is 0 Å². The van der Waals surface area contributed by atoms with Crippen LogP contribution in [-0.4, -0.2) is 28.9 Å². The number of aromatic nitrogens is 1. The first-order valence-electron chi connectivity index (χ1n) is 9.76. The summed E-state index contributed by atoms with van der Waals surface area (Å²) in [6.07, 6.45) is 1.51. The zero-order valence-corrected chi connectivity index (χ0v) is 17.0. The molecule has 0 radical (unpaired) electrons. The Morgan fingerprint density at radius 1 is 1.14 bits per heavy atom. The van der Waals surface area contributed by atoms with Crippen LogP contribution in [0.15, 0.2) is 54.6 Å². The van der Waals surface area contributed by atoms with Crippen LogP contribution in [0.2, 0.25) is 5.02 Å². The second-order valence-corrected chi connectivity index (χ2v) is 8.07. The molecule has 1 aliphatic heterocycles. The fraction of sp³-hybridized carbons (Fsp3) is 0.304. The Morgan fingerprint density at radius 2 is 1.86 bits per heavy atom. The van der Waals surface area contributed by atoms with Crippen molar-refractivity contribution >= 4 is 28.4 Å². The highest BCUT2D eigenvalue weighted by Gasteiger charge is 2.37. The SMILES string of the molecule is CC(=O)NC1(c2ccc(F)cc2)CCN(Cc2ccc3cccc(Cl)c3n2)CC1. The molecule has 0 bridgehead atoms. The molecule has 6 heteroatoms. The smallest absolute Gasteiger partial charge is 0.217 e. The number of halogens is 2. The lowest BCUT2D eigenvalue weighted by Crippen LogP contribution is -2.52. The number of likely N-dealkylation sites (tertiary alicyclic amines) is 1. The van der Waals surface area contributed by atoms with Crippen LogP contribution in [-0.2, 0) is 16.9 Å². The number of pyridine rings is 1. The predicted octanol–water partition coefficient (Wildman–Crippen LogP) is 4.65. The van der Waals surface area contributed by atoms with Gasteiger partial charge in [0, 0.05) is 31.9 Å². The minimum absolute atomic E-state index is 0.0754. The molecule has 1 N–H and O–H groups in total. The maximum absolute atomic E-state index is 13.4. The molecule has 29 heavy (non-hydrogen) atoms. The average Bonchev–Trinajstić information content (AvgIpc) is 2.70. The highest BCUT2D eigenvalue weighted by atomic mass is 35.5. The molecule has 150 valence electrons. The van der Waals surface area contributed by atoms with Gasteiger partial charge in [-0.2, -0.15) is 0 Å². The minimum Gasteiger partial charge on any atom is -0.347 e. The lowest BCUT2D eigenvalue weighted by molar-refractivity contribution is -0.121. The molecule has 1 fully saturated rings. The highest BCUT2D eigenvalue weighted by molar-refractivity contribution is 6.35. The molecule has 3 aromatic rings. The van der Waals surface area contributed by atoms with Gasteiger partial charge in [0.25, 0.3) is 0 Å². The third-order valence-electron chi connectivity index (χ3n) is 5.64. The van der Waals surface area contributed by atoms with Gasteiger partial charge >= 0.3 is 0 Å². The lowest BCUT2D eigenvalue weighted by Gasteiger charge is -2.42. The van der Waals surface area contributed by atoms with Gasteiger partial charge in [0.15, 0.2) is 0 Å². The molecule has 2 heterocycles. The van der Waals surface area contributed by atoms with Crippen molar-refractivity contribution in [3.05, 3.63) is 76.7 Å². The van der Waals surface area contributed by atoms with Crippen molar-refractivity contribution in [3.63, 3.8) is 0 Å². The number of fused-ring (bicyclic) bond motifs is 1. The number of rotatable bonds is 4. The molecule has 0 saturated carbocycles. The summed E-state index contributed by atoms with van der Waals surface area (Å²) in [5, 5.41) is 4.81. The van der Waals surface area contributed by atoms with Crippen molar-refractivity contribution in [2.45, 2.75) is 31.8 Å². The van der Waals surface area contributed by atoms with Crippen LogP contribution in [0, 0.1) is 5.82 Å². The summed E-state index contributed by atoms with van der Waals surface area (Å²) < 4.78 is 13.4. The first-order valence-corrected chi connectivity index (χ1v) is 10.1. The molecule has 4 nitrogen and oxygen atoms in total. The number of hydrogen-bond donors (Lipinski definition) is 1. The van der Waals surface area contributed by atoms with Gasteiger partial charge in [-0.15, -0.1) is 0 Å². The van der Waals surface area contributed by atoms with Gasteiger partial charge in [-0.3, -0.25) is 9.69 Å². The topological polar surface area (TPSA) is 45.2 Å². The summed E-state index contributed by atoms with van der Waals surface area (Å²) in [5.74, 6) is -0.348. The van der Waals surface area contributed by atoms with Gasteiger partial charge in [-0.25, -0.2) is 9.37 Å². The summed E-state index contributed by atoms with van der Waals surface area (Å²) in [6, 6.07) is 16.3. The molecule has 1 aromatic heterocycles. The van der Waals surface area contributed by atoms with Gasteiger partial charge in [-0.05, 0) is 42.7 Å². The van der Waals surface area contributed by atoms with Crippen LogP contribution in [0.4, 0.5) is 4.39 Å². The van der Waals surface area contributed by atoms with Crippen molar-refractivity contribution < 1.29 is 9.18 Å². The van der Waals surface area contributed by atoms with E-state index in [4.69, 9.17) is 16.6 Å². The first kappa shape index (κ1) is 19.8. The Bertz CT molecular complexity index is 1030. The van der Waals surface area contributed by atoms with Crippen molar-refractivity contribution in [1.82, 2.24) is 15.2 Å². The van der Waals surface area contributed by atoms with Gasteiger partial charge in [0.2, 0.25) is 5.91 Å². The summed E-state index contributed by atoms with van der Waals surface area (Å²) in [5.41, 5.74) is 2.28. The third-order valence-corrected chi connectivity index (χ3v) is 5.94. The fourth-order valence-electron chi connectivity index (χ4n) is 4.15. The Morgan fingerprint density at radius 3 is 2.55 bits per heavy atom. The summed E-state index contributed by atoms with van der Waals surface area (Å²) in [4.78, 5) is 18.9. The molecular weight excluding hydrogens is 389 g/mol. The predicted molar refractivity (Wildman–Crippen MR) is 113 cm³/mol. The van der Waals surface area contributed by atoms with Gasteiger partial charge in [-0.1, -0.05) is 41.9 Å². The van der Waals surface area contributed by atoms with E-state index in [2.05, 4.69) is 10.2 Å². The molecule has 1 aliphatic rings. The summed E-state index contributed by atoms with van der Waals surface area (Å²) >= 11 is 6.29. The Hall–Kier alpha value is -2.50. The van der Waals surface area contributed by atoms with E-state index in [-0.39, 0.29) is 11.7 Å². The normalized spacial score (nSPS) is 16.7. The van der Waals surface area contributed by atoms with Crippen LogP contribution in [0.25, 0.3) is 10.9 Å². The fourth-order valence-corrected chi connectivity index (χ4v) is 4.38. The van der Waals surface area contributed by atoms with Crippen LogP contribution in [0.1, 0.15) is 31.0 Å². The van der Waals surface area contributed by atoms with E-state index >= 15 is 0 Å². The standard InChI is InChI=1S/C23H23ClFN3O/c1-16(29)27-23(18-6-8-19(25)9-7-18)11-13-28(14-12-23)15-20-10-5-17-3-2-4-21(24)22(17)26-20/h2-10H,11-15H2,1H3,(H,27,29). The van der Waals surface area contributed by atoms with E-state index in [1.807, 2.05) is 30.3 Å². The third kappa shape index (κ3) is 4.26. The average molecular weight is 412 g/mol. The summed E-state index contributed by atoms with van der Waals surface area (Å²) in [7, 11) is 0. The molecule has 4 rings (SSSR count). The first-order chi connectivity index (χ1) is 13.9. The van der Waals surface area contributed by atoms with Crippen molar-refractivity contribution in [1.29, 1.82) is 0 Å². The number of amides is 1. The van der Waals surface area contributed by atoms with E-state index in [0.29, 0.717) is 5.02 Å². The molecule has 0 unspecified atom stereocenters. The van der Waals surface area contributed by atoms with E-state index in [1.54, 1.807) is 12.1 Å². The molecule has 1 amide bonds. The second kappa shape index (κ2) is 8.09. The number of para-hydroxylation sites is 1. The molecule has 0 aliphatic carbocycles. The summed E-state index contributed by atoms with van der Waals surface area (Å²) in [6.45, 7) is 3.86. The number of nitrogens with one attached hydrogen (secondary N) is 1. The highest BCUT2D eigenvalue weighted by Crippen LogP contribution is 2.34. The van der Waals surface area contributed by atoms with Gasteiger partial charge in [0.05, 0.1) is 21.8 Å². The van der Waals surface area contributed by atoms with Crippen LogP contribution >= 0.6 is 11.6 Å². The largest absolute Gasteiger partial charge is 0.347 e. The number of carbonyl (C=O) groups excluding carboxylic acids is 1. The maximum Gasteiger partial charge on any atom is 0.217 e. The Labute approximate surface area is 174 Å². The van der Waals surface area contributed by atoms with Crippen LogP contribution in [0.5, 0.6) is 0 Å². The molecule has 2 aromatic carbocycles. The van der Waals surface area contributed by atoms with Crippen LogP contribution < -0.4 is 5.32 Å². The zero-order chi connectivity index (χ0) is 20.4. The van der Waals surface area contributed by atoms with Crippen LogP contribution in [0.3, 0.4) is 0 Å². The number of piperidine rings is 1. The monoisotopic (exact) mass is 411 g/mol.